The lowest BCUT2D eigenvalue weighted by Gasteiger charge is -2.35. The fourth-order valence-electron chi connectivity index (χ4n) is 2.77. The number of ether oxygens (including phenoxy) is 1. The Morgan fingerprint density at radius 1 is 1.10 bits per heavy atom. The fourth-order valence-corrected chi connectivity index (χ4v) is 4.69. The summed E-state index contributed by atoms with van der Waals surface area (Å²) < 4.78 is 28.7. The van der Waals surface area contributed by atoms with E-state index in [1.54, 1.807) is 24.3 Å². The van der Waals surface area contributed by atoms with Gasteiger partial charge in [0.1, 0.15) is 5.75 Å². The zero-order valence-corrected chi connectivity index (χ0v) is 13.5. The molecular weight excluding hydrogens is 319 g/mol. The maximum Gasteiger partial charge on any atom is 0.233 e. The third kappa shape index (κ3) is 4.83. The largest absolute Gasteiger partial charge is 0.493 e. The van der Waals surface area contributed by atoms with Gasteiger partial charge in [-0.05, 0) is 37.1 Å². The molecule has 0 N–H and O–H groups in total. The Hall–Kier alpha value is -0.450. The van der Waals surface area contributed by atoms with E-state index in [-0.39, 0.29) is 11.2 Å². The number of benzene rings is 1. The third-order valence-corrected chi connectivity index (χ3v) is 5.29. The van der Waals surface area contributed by atoms with E-state index in [9.17, 15) is 8.42 Å². The van der Waals surface area contributed by atoms with Crippen molar-refractivity contribution in [1.29, 1.82) is 0 Å². The summed E-state index contributed by atoms with van der Waals surface area (Å²) in [6, 6.07) is 7.08. The summed E-state index contributed by atoms with van der Waals surface area (Å²) in [5.74, 6) is 0.682. The van der Waals surface area contributed by atoms with E-state index in [1.807, 2.05) is 0 Å². The van der Waals surface area contributed by atoms with Crippen LogP contribution in [0.4, 0.5) is 0 Å². The molecule has 0 spiro atoms. The van der Waals surface area contributed by atoms with Crippen LogP contribution >= 0.6 is 22.3 Å². The van der Waals surface area contributed by atoms with Crippen LogP contribution in [-0.2, 0) is 9.05 Å². The Morgan fingerprint density at radius 2 is 1.70 bits per heavy atom. The number of hydrogen-bond donors (Lipinski definition) is 0. The maximum atomic E-state index is 11.5. The first-order valence-corrected chi connectivity index (χ1v) is 9.55. The van der Waals surface area contributed by atoms with Crippen molar-refractivity contribution < 1.29 is 13.2 Å². The van der Waals surface area contributed by atoms with Crippen molar-refractivity contribution in [2.24, 2.45) is 5.41 Å². The van der Waals surface area contributed by atoms with E-state index in [1.165, 1.54) is 0 Å². The van der Waals surface area contributed by atoms with Gasteiger partial charge in [0.2, 0.25) is 9.05 Å². The topological polar surface area (TPSA) is 43.4 Å². The number of rotatable bonds is 5. The minimum atomic E-state index is -3.52. The smallest absolute Gasteiger partial charge is 0.233 e. The van der Waals surface area contributed by atoms with Gasteiger partial charge in [-0.15, -0.1) is 0 Å². The van der Waals surface area contributed by atoms with E-state index in [4.69, 9.17) is 27.0 Å². The molecule has 3 nitrogen and oxygen atoms in total. The monoisotopic (exact) mass is 336 g/mol. The Labute approximate surface area is 129 Å². The van der Waals surface area contributed by atoms with E-state index >= 15 is 0 Å². The first kappa shape index (κ1) is 15.9. The first-order valence-electron chi connectivity index (χ1n) is 6.69. The lowest BCUT2D eigenvalue weighted by molar-refractivity contribution is 0.119. The van der Waals surface area contributed by atoms with Crippen LogP contribution in [0.25, 0.3) is 0 Å². The lowest BCUT2D eigenvalue weighted by atomic mass is 9.76. The second-order valence-electron chi connectivity index (χ2n) is 5.49. The Kier molecular flexibility index (Phi) is 5.21. The van der Waals surface area contributed by atoms with E-state index in [0.29, 0.717) is 17.4 Å². The van der Waals surface area contributed by atoms with Gasteiger partial charge in [0.15, 0.2) is 0 Å². The van der Waals surface area contributed by atoms with Gasteiger partial charge in [0, 0.05) is 21.1 Å². The molecule has 0 heterocycles. The molecular formula is C14H18Cl2O3S. The van der Waals surface area contributed by atoms with Crippen LogP contribution in [0, 0.1) is 5.41 Å². The molecule has 0 radical (unpaired) electrons. The molecule has 1 fully saturated rings. The minimum Gasteiger partial charge on any atom is -0.493 e. The number of hydrogen-bond acceptors (Lipinski definition) is 3. The Bertz CT molecular complexity index is 534. The van der Waals surface area contributed by atoms with Crippen molar-refractivity contribution in [3.63, 3.8) is 0 Å². The van der Waals surface area contributed by atoms with Gasteiger partial charge in [-0.2, -0.15) is 0 Å². The van der Waals surface area contributed by atoms with Crippen molar-refractivity contribution >= 4 is 31.3 Å². The number of halogens is 2. The highest BCUT2D eigenvalue weighted by atomic mass is 35.7. The normalized spacial score (nSPS) is 18.7. The van der Waals surface area contributed by atoms with E-state index in [2.05, 4.69) is 0 Å². The molecule has 1 aromatic rings. The van der Waals surface area contributed by atoms with Crippen LogP contribution in [0.15, 0.2) is 24.3 Å². The predicted octanol–water partition coefficient (Wildman–Crippen LogP) is 4.24. The molecule has 0 amide bonds. The van der Waals surface area contributed by atoms with Crippen LogP contribution in [0.3, 0.4) is 0 Å². The highest BCUT2D eigenvalue weighted by Crippen LogP contribution is 2.38. The molecule has 0 aromatic heterocycles. The molecule has 1 aliphatic rings. The molecule has 112 valence electrons. The highest BCUT2D eigenvalue weighted by Gasteiger charge is 2.37. The lowest BCUT2D eigenvalue weighted by Crippen LogP contribution is -2.36. The van der Waals surface area contributed by atoms with Gasteiger partial charge in [-0.3, -0.25) is 0 Å². The highest BCUT2D eigenvalue weighted by molar-refractivity contribution is 8.13. The van der Waals surface area contributed by atoms with Crippen LogP contribution in [-0.4, -0.2) is 20.8 Å². The van der Waals surface area contributed by atoms with Crippen molar-refractivity contribution in [3.05, 3.63) is 29.3 Å². The molecule has 0 bridgehead atoms. The molecule has 20 heavy (non-hydrogen) atoms. The Morgan fingerprint density at radius 3 is 2.25 bits per heavy atom. The molecule has 1 aliphatic carbocycles. The molecule has 1 aromatic carbocycles. The molecule has 0 unspecified atom stereocenters. The van der Waals surface area contributed by atoms with E-state index < -0.39 is 9.05 Å². The van der Waals surface area contributed by atoms with Crippen molar-refractivity contribution in [3.8, 4) is 5.75 Å². The molecule has 0 saturated heterocycles. The van der Waals surface area contributed by atoms with Crippen molar-refractivity contribution in [1.82, 2.24) is 0 Å². The van der Waals surface area contributed by atoms with E-state index in [0.717, 1.165) is 32.1 Å². The SMILES string of the molecule is O=S(=O)(Cl)CC1(COc2ccc(Cl)cc2)CCCCC1. The van der Waals surface area contributed by atoms with Crippen molar-refractivity contribution in [2.75, 3.05) is 12.4 Å². The molecule has 0 aliphatic heterocycles. The molecule has 2 rings (SSSR count). The quantitative estimate of drug-likeness (QED) is 0.755. The van der Waals surface area contributed by atoms with Gasteiger partial charge >= 0.3 is 0 Å². The zero-order valence-electron chi connectivity index (χ0n) is 11.1. The molecule has 1 saturated carbocycles. The predicted molar refractivity (Wildman–Crippen MR) is 82.1 cm³/mol. The summed E-state index contributed by atoms with van der Waals surface area (Å²) in [5, 5.41) is 0.646. The second kappa shape index (κ2) is 6.54. The Balaban J connectivity index is 2.06. The minimum absolute atomic E-state index is 0.0187. The summed E-state index contributed by atoms with van der Waals surface area (Å²) >= 11 is 5.82. The summed E-state index contributed by atoms with van der Waals surface area (Å²) in [7, 11) is 1.94. The molecule has 0 atom stereocenters. The van der Waals surface area contributed by atoms with Crippen molar-refractivity contribution in [2.45, 2.75) is 32.1 Å². The van der Waals surface area contributed by atoms with Gasteiger partial charge < -0.3 is 4.74 Å². The fraction of sp³-hybridized carbons (Fsp3) is 0.571. The average molecular weight is 337 g/mol. The van der Waals surface area contributed by atoms with Crippen LogP contribution in [0.1, 0.15) is 32.1 Å². The van der Waals surface area contributed by atoms with Gasteiger partial charge in [0.05, 0.1) is 12.4 Å². The van der Waals surface area contributed by atoms with Gasteiger partial charge in [-0.25, -0.2) is 8.42 Å². The van der Waals surface area contributed by atoms with Crippen LogP contribution in [0.5, 0.6) is 5.75 Å². The summed E-state index contributed by atoms with van der Waals surface area (Å²) in [5.41, 5.74) is -0.363. The third-order valence-electron chi connectivity index (χ3n) is 3.75. The van der Waals surface area contributed by atoms with Crippen LogP contribution < -0.4 is 4.74 Å². The zero-order chi connectivity index (χ0) is 14.6. The van der Waals surface area contributed by atoms with Gasteiger partial charge in [-0.1, -0.05) is 30.9 Å². The summed E-state index contributed by atoms with van der Waals surface area (Å²) in [6.45, 7) is 0.376. The molecule has 6 heteroatoms. The summed E-state index contributed by atoms with van der Waals surface area (Å²) in [4.78, 5) is 0. The first-order chi connectivity index (χ1) is 9.39. The summed E-state index contributed by atoms with van der Waals surface area (Å²) in [6.07, 6.45) is 4.87. The second-order valence-corrected chi connectivity index (χ2v) is 8.70. The van der Waals surface area contributed by atoms with Crippen LogP contribution in [0.2, 0.25) is 5.02 Å². The van der Waals surface area contributed by atoms with Gasteiger partial charge in [0.25, 0.3) is 0 Å². The standard InChI is InChI=1S/C14H18Cl2O3S/c15-12-4-6-13(7-5-12)19-10-14(11-20(16,17)18)8-2-1-3-9-14/h4-7H,1-3,8-11H2. The maximum absolute atomic E-state index is 11.5. The average Bonchev–Trinajstić information content (AvgIpc) is 2.37.